The van der Waals surface area contributed by atoms with Gasteiger partial charge < -0.3 is 10.1 Å². The summed E-state index contributed by atoms with van der Waals surface area (Å²) in [6.07, 6.45) is 9.30. The van der Waals surface area contributed by atoms with E-state index in [1.807, 2.05) is 0 Å². The summed E-state index contributed by atoms with van der Waals surface area (Å²) in [5, 5.41) is 3.59. The highest BCUT2D eigenvalue weighted by Crippen LogP contribution is 2.38. The minimum absolute atomic E-state index is 0.442. The van der Waals surface area contributed by atoms with Crippen molar-refractivity contribution >= 4 is 0 Å². The van der Waals surface area contributed by atoms with Gasteiger partial charge in [0.25, 0.3) is 0 Å². The molecule has 0 bridgehead atoms. The van der Waals surface area contributed by atoms with Gasteiger partial charge in [-0.15, -0.1) is 0 Å². The Morgan fingerprint density at radius 2 is 1.90 bits per heavy atom. The second-order valence-corrected chi connectivity index (χ2v) is 6.64. The van der Waals surface area contributed by atoms with Gasteiger partial charge in [0.15, 0.2) is 0 Å². The molecule has 0 saturated heterocycles. The molecule has 2 aliphatic carbocycles. The number of hydrogen-bond acceptors (Lipinski definition) is 2. The van der Waals surface area contributed by atoms with E-state index < -0.39 is 0 Å². The zero-order valence-electron chi connectivity index (χ0n) is 13.5. The van der Waals surface area contributed by atoms with Crippen molar-refractivity contribution in [1.82, 2.24) is 5.32 Å². The molecule has 0 aliphatic heterocycles. The second-order valence-electron chi connectivity index (χ2n) is 6.64. The lowest BCUT2D eigenvalue weighted by atomic mass is 9.86. The first-order chi connectivity index (χ1) is 10.3. The summed E-state index contributed by atoms with van der Waals surface area (Å²) in [7, 11) is 0. The Hall–Kier alpha value is -1.02. The van der Waals surface area contributed by atoms with Crippen LogP contribution in [0.2, 0.25) is 0 Å². The van der Waals surface area contributed by atoms with Gasteiger partial charge in [-0.2, -0.15) is 0 Å². The van der Waals surface area contributed by atoms with E-state index >= 15 is 0 Å². The highest BCUT2D eigenvalue weighted by Gasteiger charge is 2.27. The average molecular weight is 287 g/mol. The van der Waals surface area contributed by atoms with E-state index in [0.717, 1.165) is 24.6 Å². The Kier molecular flexibility index (Phi) is 4.84. The van der Waals surface area contributed by atoms with Crippen molar-refractivity contribution in [3.8, 4) is 5.75 Å². The minimum atomic E-state index is 0.442. The van der Waals surface area contributed by atoms with Crippen molar-refractivity contribution in [2.24, 2.45) is 5.92 Å². The van der Waals surface area contributed by atoms with Crippen LogP contribution in [0.15, 0.2) is 18.2 Å². The molecule has 116 valence electrons. The van der Waals surface area contributed by atoms with E-state index in [9.17, 15) is 0 Å². The third-order valence-corrected chi connectivity index (χ3v) is 5.34. The monoisotopic (exact) mass is 287 g/mol. The Bertz CT molecular complexity index is 463. The molecule has 0 aromatic heterocycles. The van der Waals surface area contributed by atoms with Gasteiger partial charge in [0, 0.05) is 6.04 Å². The highest BCUT2D eigenvalue weighted by atomic mass is 16.5. The molecule has 1 saturated carbocycles. The summed E-state index contributed by atoms with van der Waals surface area (Å²) >= 11 is 0. The van der Waals surface area contributed by atoms with E-state index in [1.165, 1.54) is 49.7 Å². The number of ether oxygens (including phenoxy) is 1. The lowest BCUT2D eigenvalue weighted by Crippen LogP contribution is -2.24. The van der Waals surface area contributed by atoms with E-state index in [4.69, 9.17) is 4.74 Å². The maximum Gasteiger partial charge on any atom is 0.123 e. The van der Waals surface area contributed by atoms with Crippen LogP contribution in [0.3, 0.4) is 0 Å². The number of rotatable bonds is 5. The summed E-state index contributed by atoms with van der Waals surface area (Å²) in [5.74, 6) is 2.09. The Labute approximate surface area is 129 Å². The fourth-order valence-corrected chi connectivity index (χ4v) is 4.03. The Morgan fingerprint density at radius 1 is 1.10 bits per heavy atom. The second kappa shape index (κ2) is 6.83. The molecule has 3 rings (SSSR count). The smallest absolute Gasteiger partial charge is 0.123 e. The molecule has 1 unspecified atom stereocenters. The van der Waals surface area contributed by atoms with Crippen LogP contribution in [-0.4, -0.2) is 12.6 Å². The molecule has 2 nitrogen and oxygen atoms in total. The molecule has 2 heteroatoms. The van der Waals surface area contributed by atoms with Crippen LogP contribution >= 0.6 is 0 Å². The van der Waals surface area contributed by atoms with E-state index in [2.05, 4.69) is 37.4 Å². The predicted octanol–water partition coefficient (Wildman–Crippen LogP) is 4.63. The van der Waals surface area contributed by atoms with Gasteiger partial charge in [0.1, 0.15) is 5.75 Å². The van der Waals surface area contributed by atoms with Crippen LogP contribution in [-0.2, 0) is 6.42 Å². The van der Waals surface area contributed by atoms with Crippen LogP contribution in [0.1, 0.15) is 69.5 Å². The van der Waals surface area contributed by atoms with Gasteiger partial charge in [-0.05, 0) is 68.2 Å². The molecular weight excluding hydrogens is 258 g/mol. The van der Waals surface area contributed by atoms with Crippen molar-refractivity contribution in [2.45, 2.75) is 70.9 Å². The number of fused-ring (bicyclic) bond motifs is 1. The highest BCUT2D eigenvalue weighted by molar-refractivity contribution is 5.45. The topological polar surface area (TPSA) is 21.3 Å². The van der Waals surface area contributed by atoms with Gasteiger partial charge in [0.2, 0.25) is 0 Å². The average Bonchev–Trinajstić information content (AvgIpc) is 2.93. The van der Waals surface area contributed by atoms with E-state index in [-0.39, 0.29) is 0 Å². The third kappa shape index (κ3) is 3.26. The van der Waals surface area contributed by atoms with Gasteiger partial charge in [-0.1, -0.05) is 32.4 Å². The number of benzene rings is 1. The van der Waals surface area contributed by atoms with Gasteiger partial charge >= 0.3 is 0 Å². The normalized spacial score (nSPS) is 28.4. The predicted molar refractivity (Wildman–Crippen MR) is 87.8 cm³/mol. The SMILES string of the molecule is CCNC1CCc2c(OC3CCC(CC)CC3)cccc21. The molecule has 1 N–H and O–H groups in total. The van der Waals surface area contributed by atoms with Crippen LogP contribution in [0.4, 0.5) is 0 Å². The molecule has 1 aromatic rings. The molecule has 0 amide bonds. The summed E-state index contributed by atoms with van der Waals surface area (Å²) in [5.41, 5.74) is 2.93. The minimum Gasteiger partial charge on any atom is -0.490 e. The first kappa shape index (κ1) is 14.9. The van der Waals surface area contributed by atoms with E-state index in [0.29, 0.717) is 12.1 Å². The summed E-state index contributed by atoms with van der Waals surface area (Å²) in [6.45, 7) is 5.54. The first-order valence-electron chi connectivity index (χ1n) is 8.83. The lowest BCUT2D eigenvalue weighted by Gasteiger charge is -2.29. The fourth-order valence-electron chi connectivity index (χ4n) is 4.03. The molecule has 1 atom stereocenters. The quantitative estimate of drug-likeness (QED) is 0.852. The molecule has 1 aromatic carbocycles. The zero-order chi connectivity index (χ0) is 14.7. The van der Waals surface area contributed by atoms with E-state index in [1.54, 1.807) is 0 Å². The number of hydrogen-bond donors (Lipinski definition) is 1. The van der Waals surface area contributed by atoms with Crippen LogP contribution in [0, 0.1) is 5.92 Å². The maximum atomic E-state index is 6.39. The first-order valence-corrected chi connectivity index (χ1v) is 8.83. The molecule has 0 spiro atoms. The lowest BCUT2D eigenvalue weighted by molar-refractivity contribution is 0.129. The third-order valence-electron chi connectivity index (χ3n) is 5.34. The van der Waals surface area contributed by atoms with Crippen LogP contribution < -0.4 is 10.1 Å². The van der Waals surface area contributed by atoms with Crippen LogP contribution in [0.5, 0.6) is 5.75 Å². The molecule has 21 heavy (non-hydrogen) atoms. The molecule has 0 heterocycles. The van der Waals surface area contributed by atoms with Crippen molar-refractivity contribution in [2.75, 3.05) is 6.54 Å². The largest absolute Gasteiger partial charge is 0.490 e. The molecule has 0 radical (unpaired) electrons. The van der Waals surface area contributed by atoms with Gasteiger partial charge in [-0.3, -0.25) is 0 Å². The summed E-state index contributed by atoms with van der Waals surface area (Å²) < 4.78 is 6.39. The fraction of sp³-hybridized carbons (Fsp3) is 0.684. The zero-order valence-corrected chi connectivity index (χ0v) is 13.5. The standard InChI is InChI=1S/C19H29NO/c1-3-14-8-10-15(11-9-14)21-19-7-5-6-16-17(19)12-13-18(16)20-4-2/h5-7,14-15,18,20H,3-4,8-13H2,1-2H3. The van der Waals surface area contributed by atoms with Gasteiger partial charge in [0.05, 0.1) is 6.10 Å². The number of nitrogens with one attached hydrogen (secondary N) is 1. The molecule has 1 fully saturated rings. The van der Waals surface area contributed by atoms with Crippen molar-refractivity contribution in [3.63, 3.8) is 0 Å². The van der Waals surface area contributed by atoms with Crippen molar-refractivity contribution < 1.29 is 4.74 Å². The molecular formula is C19H29NO. The van der Waals surface area contributed by atoms with Crippen LogP contribution in [0.25, 0.3) is 0 Å². The molecule has 2 aliphatic rings. The maximum absolute atomic E-state index is 6.39. The Morgan fingerprint density at radius 3 is 2.62 bits per heavy atom. The summed E-state index contributed by atoms with van der Waals surface area (Å²) in [4.78, 5) is 0. The van der Waals surface area contributed by atoms with Crippen molar-refractivity contribution in [1.29, 1.82) is 0 Å². The Balaban J connectivity index is 1.67. The summed E-state index contributed by atoms with van der Waals surface area (Å²) in [6, 6.07) is 7.15. The van der Waals surface area contributed by atoms with Gasteiger partial charge in [-0.25, -0.2) is 0 Å². The van der Waals surface area contributed by atoms with Crippen molar-refractivity contribution in [3.05, 3.63) is 29.3 Å².